The fourth-order valence-electron chi connectivity index (χ4n) is 2.07. The number of nitrogens with zero attached hydrogens (tertiary/aromatic N) is 2. The summed E-state index contributed by atoms with van der Waals surface area (Å²) in [6, 6.07) is 18.4. The van der Waals surface area contributed by atoms with Crippen molar-refractivity contribution in [3.63, 3.8) is 0 Å². The van der Waals surface area contributed by atoms with E-state index >= 15 is 0 Å². The van der Waals surface area contributed by atoms with Gasteiger partial charge in [-0.25, -0.2) is 4.68 Å². The number of rotatable bonds is 3. The predicted molar refractivity (Wildman–Crippen MR) is 89.3 cm³/mol. The lowest BCUT2D eigenvalue weighted by atomic mass is 10.1. The van der Waals surface area contributed by atoms with Gasteiger partial charge in [-0.3, -0.25) is 0 Å². The molecule has 1 heterocycles. The summed E-state index contributed by atoms with van der Waals surface area (Å²) < 4.78 is 3.00. The summed E-state index contributed by atoms with van der Waals surface area (Å²) in [6.45, 7) is 0. The van der Waals surface area contributed by atoms with Crippen LogP contribution in [0.5, 0.6) is 0 Å². The molecule has 0 aliphatic carbocycles. The monoisotopic (exact) mass is 390 g/mol. The largest absolute Gasteiger partial charge is 0.240 e. The number of hydrogen-bond acceptors (Lipinski definition) is 1. The fourth-order valence-corrected chi connectivity index (χ4v) is 2.75. The zero-order valence-corrected chi connectivity index (χ0v) is 13.8. The van der Waals surface area contributed by atoms with E-state index in [2.05, 4.69) is 62.3 Å². The minimum Gasteiger partial charge on any atom is -0.240 e. The Morgan fingerprint density at radius 3 is 2.30 bits per heavy atom. The average Bonchev–Trinajstić information content (AvgIpc) is 2.93. The van der Waals surface area contributed by atoms with E-state index in [9.17, 15) is 0 Å². The Morgan fingerprint density at radius 1 is 0.950 bits per heavy atom. The molecule has 0 unspecified atom stereocenters. The molecule has 4 heteroatoms. The molecule has 2 aromatic carbocycles. The summed E-state index contributed by atoms with van der Waals surface area (Å²) in [5.74, 6) is 0. The third-order valence-electron chi connectivity index (χ3n) is 3.07. The van der Waals surface area contributed by atoms with Crippen molar-refractivity contribution in [2.45, 2.75) is 5.33 Å². The Bertz CT molecular complexity index is 703. The molecule has 3 aromatic rings. The molecule has 0 atom stereocenters. The predicted octanol–water partition coefficient (Wildman–Crippen LogP) is 5.20. The molecule has 0 spiro atoms. The molecule has 100 valence electrons. The maximum Gasteiger partial charge on any atom is 0.0968 e. The Morgan fingerprint density at radius 2 is 1.65 bits per heavy atom. The summed E-state index contributed by atoms with van der Waals surface area (Å²) >= 11 is 7.00. The van der Waals surface area contributed by atoms with Crippen LogP contribution < -0.4 is 0 Å². The molecular weight excluding hydrogens is 380 g/mol. The highest BCUT2D eigenvalue weighted by molar-refractivity contribution is 9.10. The van der Waals surface area contributed by atoms with E-state index in [0.29, 0.717) is 0 Å². The summed E-state index contributed by atoms with van der Waals surface area (Å²) in [4.78, 5) is 0. The van der Waals surface area contributed by atoms with E-state index in [4.69, 9.17) is 5.10 Å². The molecule has 0 amide bonds. The molecule has 0 bridgehead atoms. The van der Waals surface area contributed by atoms with Crippen molar-refractivity contribution < 1.29 is 0 Å². The number of halogens is 2. The van der Waals surface area contributed by atoms with E-state index in [1.54, 1.807) is 0 Å². The van der Waals surface area contributed by atoms with Gasteiger partial charge in [-0.15, -0.1) is 0 Å². The van der Waals surface area contributed by atoms with Gasteiger partial charge in [0.15, 0.2) is 0 Å². The Labute approximate surface area is 134 Å². The van der Waals surface area contributed by atoms with Crippen LogP contribution in [-0.2, 0) is 5.33 Å². The molecule has 20 heavy (non-hydrogen) atoms. The third kappa shape index (κ3) is 2.72. The van der Waals surface area contributed by atoms with Crippen molar-refractivity contribution in [2.75, 3.05) is 0 Å². The van der Waals surface area contributed by atoms with Gasteiger partial charge in [-0.2, -0.15) is 5.10 Å². The van der Waals surface area contributed by atoms with Gasteiger partial charge in [0, 0.05) is 27.1 Å². The molecule has 2 nitrogen and oxygen atoms in total. The van der Waals surface area contributed by atoms with Crippen LogP contribution in [0.3, 0.4) is 0 Å². The quantitative estimate of drug-likeness (QED) is 0.561. The van der Waals surface area contributed by atoms with Gasteiger partial charge in [0.05, 0.1) is 11.4 Å². The molecular formula is C16H12Br2N2. The van der Waals surface area contributed by atoms with Crippen LogP contribution in [0.2, 0.25) is 0 Å². The van der Waals surface area contributed by atoms with Crippen molar-refractivity contribution in [1.29, 1.82) is 0 Å². The van der Waals surface area contributed by atoms with Crippen LogP contribution in [0.25, 0.3) is 16.9 Å². The molecule has 0 saturated heterocycles. The average molecular weight is 392 g/mol. The zero-order valence-electron chi connectivity index (χ0n) is 10.6. The van der Waals surface area contributed by atoms with Gasteiger partial charge in [-0.05, 0) is 24.3 Å². The summed E-state index contributed by atoms with van der Waals surface area (Å²) in [7, 11) is 0. The minimum atomic E-state index is 0.783. The van der Waals surface area contributed by atoms with Crippen LogP contribution in [0.4, 0.5) is 0 Å². The second kappa shape index (κ2) is 5.94. The topological polar surface area (TPSA) is 17.8 Å². The van der Waals surface area contributed by atoms with Crippen molar-refractivity contribution >= 4 is 31.9 Å². The summed E-state index contributed by atoms with van der Waals surface area (Å²) in [5.41, 5.74) is 4.38. The molecule has 0 aliphatic rings. The second-order valence-electron chi connectivity index (χ2n) is 4.42. The van der Waals surface area contributed by atoms with Crippen LogP contribution in [-0.4, -0.2) is 9.78 Å². The number of benzene rings is 2. The standard InChI is InChI=1S/C16H12Br2N2/c17-10-13-11-20(15-4-2-1-3-5-15)19-16(13)12-6-8-14(18)9-7-12/h1-9,11H,10H2. The lowest BCUT2D eigenvalue weighted by Crippen LogP contribution is -1.93. The van der Waals surface area contributed by atoms with Crippen molar-refractivity contribution in [2.24, 2.45) is 0 Å². The smallest absolute Gasteiger partial charge is 0.0968 e. The maximum absolute atomic E-state index is 4.72. The number of alkyl halides is 1. The van der Waals surface area contributed by atoms with E-state index < -0.39 is 0 Å². The number of aromatic nitrogens is 2. The first kappa shape index (κ1) is 13.6. The number of hydrogen-bond donors (Lipinski definition) is 0. The minimum absolute atomic E-state index is 0.783. The van der Waals surface area contributed by atoms with Crippen LogP contribution >= 0.6 is 31.9 Å². The second-order valence-corrected chi connectivity index (χ2v) is 5.90. The van der Waals surface area contributed by atoms with E-state index in [-0.39, 0.29) is 0 Å². The first-order chi connectivity index (χ1) is 9.78. The lowest BCUT2D eigenvalue weighted by molar-refractivity contribution is 0.884. The molecule has 0 fully saturated rings. The normalized spacial score (nSPS) is 10.7. The Balaban J connectivity index is 2.07. The van der Waals surface area contributed by atoms with Gasteiger partial charge in [0.1, 0.15) is 0 Å². The molecule has 0 aliphatic heterocycles. The van der Waals surface area contributed by atoms with Gasteiger partial charge in [-0.1, -0.05) is 62.2 Å². The van der Waals surface area contributed by atoms with Crippen molar-refractivity contribution in [3.05, 3.63) is 70.8 Å². The highest BCUT2D eigenvalue weighted by atomic mass is 79.9. The first-order valence-corrected chi connectivity index (χ1v) is 8.15. The zero-order chi connectivity index (χ0) is 13.9. The Hall–Kier alpha value is -1.39. The molecule has 1 aromatic heterocycles. The summed E-state index contributed by atoms with van der Waals surface area (Å²) in [6.07, 6.45) is 2.07. The van der Waals surface area contributed by atoms with E-state index in [1.807, 2.05) is 35.0 Å². The van der Waals surface area contributed by atoms with E-state index in [1.165, 1.54) is 5.56 Å². The molecule has 0 N–H and O–H groups in total. The maximum atomic E-state index is 4.72. The van der Waals surface area contributed by atoms with Crippen LogP contribution in [0.15, 0.2) is 65.3 Å². The van der Waals surface area contributed by atoms with Crippen molar-refractivity contribution in [1.82, 2.24) is 9.78 Å². The van der Waals surface area contributed by atoms with Crippen LogP contribution in [0, 0.1) is 0 Å². The van der Waals surface area contributed by atoms with Gasteiger partial charge >= 0.3 is 0 Å². The van der Waals surface area contributed by atoms with Gasteiger partial charge < -0.3 is 0 Å². The van der Waals surface area contributed by atoms with Gasteiger partial charge in [0.2, 0.25) is 0 Å². The highest BCUT2D eigenvalue weighted by Crippen LogP contribution is 2.26. The Kier molecular flexibility index (Phi) is 4.03. The summed E-state index contributed by atoms with van der Waals surface area (Å²) in [5, 5.41) is 5.51. The van der Waals surface area contributed by atoms with Crippen LogP contribution in [0.1, 0.15) is 5.56 Å². The van der Waals surface area contributed by atoms with E-state index in [0.717, 1.165) is 26.7 Å². The highest BCUT2D eigenvalue weighted by Gasteiger charge is 2.11. The van der Waals surface area contributed by atoms with Gasteiger partial charge in [0.25, 0.3) is 0 Å². The SMILES string of the molecule is BrCc1cn(-c2ccccc2)nc1-c1ccc(Br)cc1. The molecule has 0 radical (unpaired) electrons. The number of para-hydroxylation sites is 1. The molecule has 3 rings (SSSR count). The lowest BCUT2D eigenvalue weighted by Gasteiger charge is -2.01. The molecule has 0 saturated carbocycles. The first-order valence-electron chi connectivity index (χ1n) is 6.24. The van der Waals surface area contributed by atoms with Crippen molar-refractivity contribution in [3.8, 4) is 16.9 Å². The third-order valence-corrected chi connectivity index (χ3v) is 4.21. The fraction of sp³-hybridized carbons (Fsp3) is 0.0625.